The summed E-state index contributed by atoms with van der Waals surface area (Å²) < 4.78 is 26.4. The molecule has 0 aromatic heterocycles. The van der Waals surface area contributed by atoms with Gasteiger partial charge in [-0.15, -0.1) is 0 Å². The van der Waals surface area contributed by atoms with E-state index in [0.29, 0.717) is 5.69 Å². The highest BCUT2D eigenvalue weighted by atomic mass is 32.2. The van der Waals surface area contributed by atoms with Crippen LogP contribution in [0.4, 0.5) is 5.69 Å². The summed E-state index contributed by atoms with van der Waals surface area (Å²) in [6.07, 6.45) is -0.733. The predicted octanol–water partition coefficient (Wildman–Crippen LogP) is 1.59. The number of aliphatic hydroxyl groups excluding tert-OH is 1. The molecule has 0 aliphatic rings. The van der Waals surface area contributed by atoms with Crippen LogP contribution in [0.3, 0.4) is 0 Å². The second kappa shape index (κ2) is 6.26. The molecular weight excluding hydrogens is 288 g/mol. The first-order valence-corrected chi connectivity index (χ1v) is 8.01. The zero-order valence-corrected chi connectivity index (χ0v) is 12.5. The van der Waals surface area contributed by atoms with E-state index >= 15 is 0 Å². The molecule has 2 aromatic carbocycles. The Morgan fingerprint density at radius 3 is 2.33 bits per heavy atom. The number of sulfonamides is 1. The highest BCUT2D eigenvalue weighted by Gasteiger charge is 2.14. The second-order valence-corrected chi connectivity index (χ2v) is 6.58. The van der Waals surface area contributed by atoms with E-state index in [-0.39, 0.29) is 11.4 Å². The quantitative estimate of drug-likeness (QED) is 0.732. The Hall–Kier alpha value is -1.89. The van der Waals surface area contributed by atoms with Gasteiger partial charge in [-0.3, -0.25) is 0 Å². The minimum atomic E-state index is -3.61. The van der Waals surface area contributed by atoms with Crippen LogP contribution in [0.2, 0.25) is 0 Å². The third-order valence-corrected chi connectivity index (χ3v) is 4.44. The smallest absolute Gasteiger partial charge is 0.240 e. The van der Waals surface area contributed by atoms with Gasteiger partial charge in [-0.2, -0.15) is 0 Å². The van der Waals surface area contributed by atoms with Crippen molar-refractivity contribution in [3.05, 3.63) is 48.5 Å². The number of hydrogen-bond acceptors (Lipinski definition) is 4. The zero-order valence-electron chi connectivity index (χ0n) is 11.7. The lowest BCUT2D eigenvalue weighted by molar-refractivity contribution is 0.198. The summed E-state index contributed by atoms with van der Waals surface area (Å²) in [5.41, 5.74) is 8.25. The molecule has 0 aliphatic heterocycles. The van der Waals surface area contributed by atoms with Crippen LogP contribution in [0, 0.1) is 0 Å². The molecule has 1 unspecified atom stereocenters. The Bertz CT molecular complexity index is 710. The molecule has 5 nitrogen and oxygen atoms in total. The van der Waals surface area contributed by atoms with Gasteiger partial charge in [-0.25, -0.2) is 13.1 Å². The largest absolute Gasteiger partial charge is 0.398 e. The monoisotopic (exact) mass is 306 g/mol. The van der Waals surface area contributed by atoms with Crippen molar-refractivity contribution in [1.82, 2.24) is 4.72 Å². The van der Waals surface area contributed by atoms with E-state index in [1.807, 2.05) is 18.2 Å². The van der Waals surface area contributed by atoms with Crippen LogP contribution in [0.25, 0.3) is 11.1 Å². The van der Waals surface area contributed by atoms with Gasteiger partial charge in [0, 0.05) is 17.8 Å². The number of anilines is 1. The highest BCUT2D eigenvalue weighted by Crippen LogP contribution is 2.26. The van der Waals surface area contributed by atoms with Gasteiger partial charge in [-0.05, 0) is 30.7 Å². The fourth-order valence-electron chi connectivity index (χ4n) is 1.89. The zero-order chi connectivity index (χ0) is 15.5. The number of nitrogens with two attached hydrogens (primary N) is 1. The number of nitrogen functional groups attached to an aromatic ring is 1. The van der Waals surface area contributed by atoms with Crippen LogP contribution in [0.5, 0.6) is 0 Å². The molecule has 2 aromatic rings. The van der Waals surface area contributed by atoms with Crippen molar-refractivity contribution in [1.29, 1.82) is 0 Å². The second-order valence-electron chi connectivity index (χ2n) is 4.81. The lowest BCUT2D eigenvalue weighted by atomic mass is 10.0. The summed E-state index contributed by atoms with van der Waals surface area (Å²) in [6.45, 7) is 1.50. The van der Waals surface area contributed by atoms with Gasteiger partial charge >= 0.3 is 0 Å². The van der Waals surface area contributed by atoms with Gasteiger partial charge in [0.2, 0.25) is 10.0 Å². The van der Waals surface area contributed by atoms with Gasteiger partial charge < -0.3 is 10.8 Å². The van der Waals surface area contributed by atoms with Crippen molar-refractivity contribution >= 4 is 15.7 Å². The molecule has 0 heterocycles. The number of para-hydroxylation sites is 1. The Morgan fingerprint density at radius 2 is 1.76 bits per heavy atom. The molecule has 0 aliphatic carbocycles. The van der Waals surface area contributed by atoms with E-state index in [1.54, 1.807) is 18.2 Å². The average Bonchev–Trinajstić information content (AvgIpc) is 2.46. The maximum atomic E-state index is 12.0. The first kappa shape index (κ1) is 15.5. The standard InChI is InChI=1S/C15H18N2O3S/c1-11(18)10-17-21(19,20)13-8-6-12(7-9-13)14-4-2-3-5-15(14)16/h2-9,11,17-18H,10,16H2,1H3. The number of aliphatic hydroxyl groups is 1. The Labute approximate surface area is 124 Å². The molecule has 0 saturated carbocycles. The molecule has 112 valence electrons. The molecule has 0 radical (unpaired) electrons. The summed E-state index contributed by atoms with van der Waals surface area (Å²) in [7, 11) is -3.61. The fourth-order valence-corrected chi connectivity index (χ4v) is 3.01. The van der Waals surface area contributed by atoms with Crippen LogP contribution < -0.4 is 10.5 Å². The van der Waals surface area contributed by atoms with E-state index in [0.717, 1.165) is 11.1 Å². The molecule has 4 N–H and O–H groups in total. The number of benzene rings is 2. The number of rotatable bonds is 5. The molecule has 1 atom stereocenters. The maximum Gasteiger partial charge on any atom is 0.240 e. The molecular formula is C15H18N2O3S. The van der Waals surface area contributed by atoms with Crippen molar-refractivity contribution in [3.63, 3.8) is 0 Å². The maximum absolute atomic E-state index is 12.0. The Balaban J connectivity index is 2.25. The summed E-state index contributed by atoms with van der Waals surface area (Å²) in [4.78, 5) is 0.154. The van der Waals surface area contributed by atoms with Crippen molar-refractivity contribution in [2.24, 2.45) is 0 Å². The Morgan fingerprint density at radius 1 is 1.14 bits per heavy atom. The normalized spacial score (nSPS) is 13.0. The minimum absolute atomic E-state index is 0.0181. The van der Waals surface area contributed by atoms with Crippen molar-refractivity contribution in [2.45, 2.75) is 17.9 Å². The number of hydrogen-bond donors (Lipinski definition) is 3. The number of nitrogens with one attached hydrogen (secondary N) is 1. The van der Waals surface area contributed by atoms with E-state index in [9.17, 15) is 8.42 Å². The summed E-state index contributed by atoms with van der Waals surface area (Å²) in [5, 5.41) is 9.15. The van der Waals surface area contributed by atoms with Crippen LogP contribution in [-0.2, 0) is 10.0 Å². The third kappa shape index (κ3) is 3.81. The molecule has 0 fully saturated rings. The first-order chi connectivity index (χ1) is 9.90. The third-order valence-electron chi connectivity index (χ3n) is 3.01. The molecule has 0 amide bonds. The van der Waals surface area contributed by atoms with Gasteiger partial charge in [0.25, 0.3) is 0 Å². The molecule has 0 saturated heterocycles. The minimum Gasteiger partial charge on any atom is -0.398 e. The van der Waals surface area contributed by atoms with E-state index < -0.39 is 16.1 Å². The predicted molar refractivity (Wildman–Crippen MR) is 83.2 cm³/mol. The molecule has 6 heteroatoms. The SMILES string of the molecule is CC(O)CNS(=O)(=O)c1ccc(-c2ccccc2N)cc1. The fraction of sp³-hybridized carbons (Fsp3) is 0.200. The molecule has 2 rings (SSSR count). The van der Waals surface area contributed by atoms with Crippen LogP contribution in [0.1, 0.15) is 6.92 Å². The topological polar surface area (TPSA) is 92.4 Å². The van der Waals surface area contributed by atoms with Crippen molar-refractivity contribution < 1.29 is 13.5 Å². The molecule has 0 bridgehead atoms. The van der Waals surface area contributed by atoms with Crippen LogP contribution in [-0.4, -0.2) is 26.2 Å². The van der Waals surface area contributed by atoms with E-state index in [4.69, 9.17) is 10.8 Å². The summed E-state index contributed by atoms with van der Waals surface area (Å²) >= 11 is 0. The highest BCUT2D eigenvalue weighted by molar-refractivity contribution is 7.89. The average molecular weight is 306 g/mol. The van der Waals surface area contributed by atoms with E-state index in [2.05, 4.69) is 4.72 Å². The van der Waals surface area contributed by atoms with Gasteiger partial charge in [0.1, 0.15) is 0 Å². The first-order valence-electron chi connectivity index (χ1n) is 6.53. The van der Waals surface area contributed by atoms with E-state index in [1.165, 1.54) is 19.1 Å². The Kier molecular flexibility index (Phi) is 4.62. The molecule has 21 heavy (non-hydrogen) atoms. The molecule has 0 spiro atoms. The van der Waals surface area contributed by atoms with Crippen molar-refractivity contribution in [3.8, 4) is 11.1 Å². The van der Waals surface area contributed by atoms with Gasteiger partial charge in [0.05, 0.1) is 11.0 Å². The summed E-state index contributed by atoms with van der Waals surface area (Å²) in [6, 6.07) is 13.9. The van der Waals surface area contributed by atoms with Crippen LogP contribution in [0.15, 0.2) is 53.4 Å². The van der Waals surface area contributed by atoms with Gasteiger partial charge in [0.15, 0.2) is 0 Å². The lowest BCUT2D eigenvalue weighted by Gasteiger charge is -2.10. The lowest BCUT2D eigenvalue weighted by Crippen LogP contribution is -2.30. The van der Waals surface area contributed by atoms with Crippen molar-refractivity contribution in [2.75, 3.05) is 12.3 Å². The van der Waals surface area contributed by atoms with Gasteiger partial charge in [-0.1, -0.05) is 30.3 Å². The summed E-state index contributed by atoms with van der Waals surface area (Å²) in [5.74, 6) is 0. The van der Waals surface area contributed by atoms with Crippen LogP contribution >= 0.6 is 0 Å².